The second-order valence-corrected chi connectivity index (χ2v) is 9.14. The molecule has 0 bridgehead atoms. The van der Waals surface area contributed by atoms with Gasteiger partial charge in [-0.15, -0.1) is 0 Å². The molecule has 0 fully saturated rings. The van der Waals surface area contributed by atoms with Crippen LogP contribution in [-0.2, 0) is 22.9 Å². The number of hydrogen-bond acceptors (Lipinski definition) is 3. The average Bonchev–Trinajstić information content (AvgIpc) is 3.04. The molecule has 1 aliphatic carbocycles. The van der Waals surface area contributed by atoms with Crippen LogP contribution < -0.4 is 4.74 Å². The lowest BCUT2D eigenvalue weighted by Gasteiger charge is -2.31. The molecule has 27 heavy (non-hydrogen) atoms. The van der Waals surface area contributed by atoms with Crippen LogP contribution in [0.5, 0.6) is 5.75 Å². The van der Waals surface area contributed by atoms with Crippen LogP contribution in [0.3, 0.4) is 0 Å². The lowest BCUT2D eigenvalue weighted by molar-refractivity contribution is 0.335. The summed E-state index contributed by atoms with van der Waals surface area (Å²) in [4.78, 5) is 3.83. The van der Waals surface area contributed by atoms with E-state index in [9.17, 15) is 8.42 Å². The monoisotopic (exact) mass is 384 g/mol. The van der Waals surface area contributed by atoms with Gasteiger partial charge in [0.1, 0.15) is 5.75 Å². The minimum absolute atomic E-state index is 0.0526. The first-order valence-corrected chi connectivity index (χ1v) is 10.6. The molecule has 142 valence electrons. The van der Waals surface area contributed by atoms with Crippen molar-refractivity contribution in [3.05, 3.63) is 59.3 Å². The number of aromatic nitrogens is 1. The Kier molecular flexibility index (Phi) is 4.48. The van der Waals surface area contributed by atoms with E-state index in [4.69, 9.17) is 4.74 Å². The van der Waals surface area contributed by atoms with E-state index < -0.39 is 10.0 Å². The number of aryl methyl sites for hydroxylation is 2. The van der Waals surface area contributed by atoms with Gasteiger partial charge in [-0.05, 0) is 61.6 Å². The van der Waals surface area contributed by atoms with Gasteiger partial charge in [0.25, 0.3) is 0 Å². The molecule has 5 nitrogen and oxygen atoms in total. The number of aromatic amines is 1. The standard InChI is InChI=1S/C21H24N2O3S/c1-14-12-16(26-3)9-11-21(14)27(24,25)23(2)15-8-10-20-18(13-15)17-6-4-5-7-19(17)22-20/h4-7,9,11-12,15,22H,8,10,13H2,1-3H3. The predicted molar refractivity (Wildman–Crippen MR) is 107 cm³/mol. The van der Waals surface area contributed by atoms with Gasteiger partial charge in [0.15, 0.2) is 0 Å². The summed E-state index contributed by atoms with van der Waals surface area (Å²) in [5.74, 6) is 0.662. The summed E-state index contributed by atoms with van der Waals surface area (Å²) in [5.41, 5.74) is 4.30. The van der Waals surface area contributed by atoms with Gasteiger partial charge >= 0.3 is 0 Å². The zero-order valence-corrected chi connectivity index (χ0v) is 16.6. The Labute approximate surface area is 160 Å². The van der Waals surface area contributed by atoms with Crippen molar-refractivity contribution in [3.63, 3.8) is 0 Å². The van der Waals surface area contributed by atoms with Gasteiger partial charge in [0.2, 0.25) is 10.0 Å². The van der Waals surface area contributed by atoms with Crippen molar-refractivity contribution in [2.24, 2.45) is 0 Å². The molecule has 1 unspecified atom stereocenters. The minimum atomic E-state index is -3.57. The van der Waals surface area contributed by atoms with E-state index in [1.54, 1.807) is 36.7 Å². The maximum Gasteiger partial charge on any atom is 0.243 e. The summed E-state index contributed by atoms with van der Waals surface area (Å²) < 4.78 is 33.2. The van der Waals surface area contributed by atoms with Gasteiger partial charge in [0, 0.05) is 29.7 Å². The van der Waals surface area contributed by atoms with Crippen LogP contribution in [-0.4, -0.2) is 37.9 Å². The molecule has 0 saturated carbocycles. The topological polar surface area (TPSA) is 62.4 Å². The van der Waals surface area contributed by atoms with E-state index >= 15 is 0 Å². The molecule has 2 aromatic carbocycles. The fraction of sp³-hybridized carbons (Fsp3) is 0.333. The molecule has 1 aromatic heterocycles. The van der Waals surface area contributed by atoms with E-state index in [-0.39, 0.29) is 6.04 Å². The fourth-order valence-corrected chi connectivity index (χ4v) is 5.64. The van der Waals surface area contributed by atoms with Crippen molar-refractivity contribution in [3.8, 4) is 5.75 Å². The maximum atomic E-state index is 13.2. The third kappa shape index (κ3) is 3.03. The number of rotatable bonds is 4. The number of sulfonamides is 1. The number of fused-ring (bicyclic) bond motifs is 3. The number of nitrogens with one attached hydrogen (secondary N) is 1. The van der Waals surface area contributed by atoms with Crippen LogP contribution in [0.4, 0.5) is 0 Å². The summed E-state index contributed by atoms with van der Waals surface area (Å²) >= 11 is 0. The highest BCUT2D eigenvalue weighted by Gasteiger charge is 2.33. The van der Waals surface area contributed by atoms with Gasteiger partial charge in [-0.3, -0.25) is 0 Å². The molecule has 6 heteroatoms. The highest BCUT2D eigenvalue weighted by molar-refractivity contribution is 7.89. The smallest absolute Gasteiger partial charge is 0.243 e. The van der Waals surface area contributed by atoms with E-state index in [0.29, 0.717) is 16.2 Å². The first-order chi connectivity index (χ1) is 12.9. The van der Waals surface area contributed by atoms with Gasteiger partial charge in [0.05, 0.1) is 12.0 Å². The minimum Gasteiger partial charge on any atom is -0.497 e. The van der Waals surface area contributed by atoms with Crippen LogP contribution in [0.15, 0.2) is 47.4 Å². The zero-order chi connectivity index (χ0) is 19.2. The van der Waals surface area contributed by atoms with E-state index in [2.05, 4.69) is 17.1 Å². The van der Waals surface area contributed by atoms with Crippen LogP contribution in [0.2, 0.25) is 0 Å². The molecule has 4 rings (SSSR count). The summed E-state index contributed by atoms with van der Waals surface area (Å²) in [6.45, 7) is 1.81. The van der Waals surface area contributed by atoms with Crippen LogP contribution in [0.25, 0.3) is 10.9 Å². The summed E-state index contributed by atoms with van der Waals surface area (Å²) in [5, 5.41) is 1.20. The highest BCUT2D eigenvalue weighted by Crippen LogP contribution is 2.33. The summed E-state index contributed by atoms with van der Waals surface area (Å²) in [6, 6.07) is 13.3. The van der Waals surface area contributed by atoms with Gasteiger partial charge < -0.3 is 9.72 Å². The molecule has 3 aromatic rings. The molecular formula is C21H24N2O3S. The normalized spacial score (nSPS) is 17.3. The summed E-state index contributed by atoms with van der Waals surface area (Å²) in [6.07, 6.45) is 2.39. The molecular weight excluding hydrogens is 360 g/mol. The molecule has 1 N–H and O–H groups in total. The third-order valence-corrected chi connectivity index (χ3v) is 7.69. The Morgan fingerprint density at radius 3 is 2.70 bits per heavy atom. The number of ether oxygens (including phenoxy) is 1. The van der Waals surface area contributed by atoms with Crippen molar-refractivity contribution >= 4 is 20.9 Å². The Bertz CT molecular complexity index is 1100. The SMILES string of the molecule is COc1ccc(S(=O)(=O)N(C)C2CCc3[nH]c4ccccc4c3C2)c(C)c1. The van der Waals surface area contributed by atoms with Crippen molar-refractivity contribution < 1.29 is 13.2 Å². The second-order valence-electron chi connectivity index (χ2n) is 7.18. The molecule has 1 heterocycles. The number of nitrogens with zero attached hydrogens (tertiary/aromatic N) is 1. The highest BCUT2D eigenvalue weighted by atomic mass is 32.2. The quantitative estimate of drug-likeness (QED) is 0.747. The fourth-order valence-electron chi connectivity index (χ4n) is 4.05. The number of hydrogen-bond donors (Lipinski definition) is 1. The Morgan fingerprint density at radius 2 is 1.96 bits per heavy atom. The van der Waals surface area contributed by atoms with Crippen molar-refractivity contribution in [1.82, 2.24) is 9.29 Å². The lowest BCUT2D eigenvalue weighted by atomic mass is 9.91. The third-order valence-electron chi connectivity index (χ3n) is 5.62. The van der Waals surface area contributed by atoms with E-state index in [1.807, 2.05) is 19.1 Å². The largest absolute Gasteiger partial charge is 0.497 e. The van der Waals surface area contributed by atoms with Crippen molar-refractivity contribution in [1.29, 1.82) is 0 Å². The number of likely N-dealkylation sites (N-methyl/N-ethyl adjacent to an activating group) is 1. The molecule has 0 radical (unpaired) electrons. The van der Waals surface area contributed by atoms with E-state index in [0.717, 1.165) is 24.8 Å². The molecule has 0 aliphatic heterocycles. The predicted octanol–water partition coefficient (Wildman–Crippen LogP) is 3.66. The van der Waals surface area contributed by atoms with Gasteiger partial charge in [-0.25, -0.2) is 8.42 Å². The Morgan fingerprint density at radius 1 is 1.19 bits per heavy atom. The van der Waals surface area contributed by atoms with Crippen LogP contribution in [0, 0.1) is 6.92 Å². The molecule has 1 atom stereocenters. The molecule has 0 saturated heterocycles. The lowest BCUT2D eigenvalue weighted by Crippen LogP contribution is -2.40. The average molecular weight is 385 g/mol. The van der Waals surface area contributed by atoms with Crippen molar-refractivity contribution in [2.45, 2.75) is 37.1 Å². The first kappa shape index (κ1) is 18.1. The van der Waals surface area contributed by atoms with Gasteiger partial charge in [-0.1, -0.05) is 18.2 Å². The number of benzene rings is 2. The summed E-state index contributed by atoms with van der Waals surface area (Å²) in [7, 11) is -0.288. The zero-order valence-electron chi connectivity index (χ0n) is 15.8. The molecule has 1 aliphatic rings. The maximum absolute atomic E-state index is 13.2. The molecule has 0 amide bonds. The number of methoxy groups -OCH3 is 1. The van der Waals surface area contributed by atoms with Crippen LogP contribution >= 0.6 is 0 Å². The number of para-hydroxylation sites is 1. The van der Waals surface area contributed by atoms with E-state index in [1.165, 1.54) is 16.6 Å². The second kappa shape index (κ2) is 6.69. The van der Waals surface area contributed by atoms with Gasteiger partial charge in [-0.2, -0.15) is 4.31 Å². The van der Waals surface area contributed by atoms with Crippen molar-refractivity contribution in [2.75, 3.05) is 14.2 Å². The molecule has 0 spiro atoms. The van der Waals surface area contributed by atoms with Crippen LogP contribution in [0.1, 0.15) is 23.2 Å². The first-order valence-electron chi connectivity index (χ1n) is 9.13. The Hall–Kier alpha value is -2.31. The number of H-pyrrole nitrogens is 1. The Balaban J connectivity index is 1.66.